The second kappa shape index (κ2) is 4.53. The monoisotopic (exact) mass is 181 g/mol. The van der Waals surface area contributed by atoms with Crippen molar-refractivity contribution in [2.24, 2.45) is 0 Å². The number of nitrogens with one attached hydrogen (secondary N) is 1. The zero-order valence-electron chi connectivity index (χ0n) is 7.85. The molecule has 12 heavy (non-hydrogen) atoms. The Hall–Kier alpha value is -0.470. The number of benzene rings is 1. The summed E-state index contributed by atoms with van der Waals surface area (Å²) in [6, 6.07) is 6.52. The van der Waals surface area contributed by atoms with Crippen LogP contribution in [0, 0.1) is 13.8 Å². The predicted octanol–water partition coefficient (Wildman–Crippen LogP) is 2.92. The molecule has 0 saturated heterocycles. The zero-order chi connectivity index (χ0) is 8.97. The summed E-state index contributed by atoms with van der Waals surface area (Å²) < 4.78 is 3.24. The molecule has 0 saturated carbocycles. The molecule has 1 rings (SSSR count). The van der Waals surface area contributed by atoms with E-state index in [1.54, 1.807) is 11.9 Å². The summed E-state index contributed by atoms with van der Waals surface area (Å²) >= 11 is 1.71. The highest BCUT2D eigenvalue weighted by atomic mass is 32.2. The van der Waals surface area contributed by atoms with Crippen LogP contribution in [0.25, 0.3) is 0 Å². The maximum Gasteiger partial charge on any atom is 0.0257 e. The third kappa shape index (κ3) is 2.54. The molecule has 1 nitrogen and oxygen atoms in total. The summed E-state index contributed by atoms with van der Waals surface area (Å²) in [4.78, 5) is 1.32. The van der Waals surface area contributed by atoms with Gasteiger partial charge in [0.15, 0.2) is 0 Å². The van der Waals surface area contributed by atoms with Crippen LogP contribution < -0.4 is 4.72 Å². The van der Waals surface area contributed by atoms with Crippen LogP contribution in [0.5, 0.6) is 0 Å². The lowest BCUT2D eigenvalue weighted by Gasteiger charge is -2.05. The van der Waals surface area contributed by atoms with Gasteiger partial charge in [0.25, 0.3) is 0 Å². The average molecular weight is 181 g/mol. The van der Waals surface area contributed by atoms with Crippen molar-refractivity contribution in [3.05, 3.63) is 29.3 Å². The van der Waals surface area contributed by atoms with Crippen LogP contribution in [0.3, 0.4) is 0 Å². The van der Waals surface area contributed by atoms with Crippen molar-refractivity contribution in [2.75, 3.05) is 6.54 Å². The second-order valence-corrected chi connectivity index (χ2v) is 3.80. The van der Waals surface area contributed by atoms with Crippen LogP contribution in [-0.2, 0) is 0 Å². The van der Waals surface area contributed by atoms with E-state index in [0.717, 1.165) is 6.54 Å². The zero-order valence-corrected chi connectivity index (χ0v) is 8.66. The lowest BCUT2D eigenvalue weighted by molar-refractivity contribution is 1.03. The fraction of sp³-hybridized carbons (Fsp3) is 0.400. The summed E-state index contributed by atoms with van der Waals surface area (Å²) in [6.07, 6.45) is 0. The summed E-state index contributed by atoms with van der Waals surface area (Å²) in [7, 11) is 0. The van der Waals surface area contributed by atoms with Gasteiger partial charge in [-0.15, -0.1) is 0 Å². The van der Waals surface area contributed by atoms with Crippen LogP contribution in [0.4, 0.5) is 0 Å². The van der Waals surface area contributed by atoms with Crippen molar-refractivity contribution in [1.29, 1.82) is 0 Å². The third-order valence-corrected chi connectivity index (χ3v) is 2.77. The van der Waals surface area contributed by atoms with Gasteiger partial charge >= 0.3 is 0 Å². The molecule has 0 radical (unpaired) electrons. The second-order valence-electron chi connectivity index (χ2n) is 2.87. The van der Waals surface area contributed by atoms with Gasteiger partial charge in [0.1, 0.15) is 0 Å². The molecule has 0 unspecified atom stereocenters. The van der Waals surface area contributed by atoms with E-state index >= 15 is 0 Å². The fourth-order valence-corrected chi connectivity index (χ4v) is 1.72. The highest BCUT2D eigenvalue weighted by Crippen LogP contribution is 2.19. The van der Waals surface area contributed by atoms with Gasteiger partial charge in [-0.1, -0.05) is 24.6 Å². The Morgan fingerprint density at radius 3 is 2.67 bits per heavy atom. The Morgan fingerprint density at radius 2 is 2.08 bits per heavy atom. The Kier molecular flexibility index (Phi) is 3.63. The molecule has 0 aromatic heterocycles. The number of hydrogen-bond acceptors (Lipinski definition) is 2. The fourth-order valence-electron chi connectivity index (χ4n) is 1.06. The van der Waals surface area contributed by atoms with Gasteiger partial charge in [0.05, 0.1) is 0 Å². The highest BCUT2D eigenvalue weighted by Gasteiger charge is 1.97. The lowest BCUT2D eigenvalue weighted by atomic mass is 10.2. The van der Waals surface area contributed by atoms with Crippen molar-refractivity contribution in [1.82, 2.24) is 4.72 Å². The quantitative estimate of drug-likeness (QED) is 0.720. The standard InChI is InChI=1S/C10H15NS/c1-4-11-12-10-6-5-8(2)7-9(10)3/h5-7,11H,4H2,1-3H3. The Bertz CT molecular complexity index is 258. The van der Waals surface area contributed by atoms with Gasteiger partial charge in [0.2, 0.25) is 0 Å². The highest BCUT2D eigenvalue weighted by molar-refractivity contribution is 7.97. The summed E-state index contributed by atoms with van der Waals surface area (Å²) in [6.45, 7) is 7.37. The molecule has 0 aliphatic rings. The summed E-state index contributed by atoms with van der Waals surface area (Å²) in [5, 5.41) is 0. The lowest BCUT2D eigenvalue weighted by Crippen LogP contribution is -2.00. The van der Waals surface area contributed by atoms with Gasteiger partial charge in [-0.2, -0.15) is 0 Å². The molecule has 1 aromatic rings. The molecule has 0 amide bonds. The van der Waals surface area contributed by atoms with Crippen LogP contribution in [0.15, 0.2) is 23.1 Å². The van der Waals surface area contributed by atoms with Crippen molar-refractivity contribution in [2.45, 2.75) is 25.7 Å². The maximum absolute atomic E-state index is 3.24. The van der Waals surface area contributed by atoms with Gasteiger partial charge in [0, 0.05) is 11.4 Å². The van der Waals surface area contributed by atoms with E-state index in [-0.39, 0.29) is 0 Å². The maximum atomic E-state index is 3.24. The van der Waals surface area contributed by atoms with E-state index < -0.39 is 0 Å². The largest absolute Gasteiger partial charge is 0.260 e. The molecule has 0 aliphatic carbocycles. The SMILES string of the molecule is CCNSc1ccc(C)cc1C. The molecule has 0 atom stereocenters. The Labute approximate surface area is 78.7 Å². The molecular formula is C10H15NS. The molecule has 0 heterocycles. The number of rotatable bonds is 3. The molecular weight excluding hydrogens is 166 g/mol. The van der Waals surface area contributed by atoms with E-state index in [1.807, 2.05) is 0 Å². The van der Waals surface area contributed by atoms with E-state index in [1.165, 1.54) is 16.0 Å². The van der Waals surface area contributed by atoms with Gasteiger partial charge in [-0.25, -0.2) is 0 Å². The molecule has 1 N–H and O–H groups in total. The number of hydrogen-bond donors (Lipinski definition) is 1. The average Bonchev–Trinajstić information content (AvgIpc) is 2.03. The summed E-state index contributed by atoms with van der Waals surface area (Å²) in [5.74, 6) is 0. The van der Waals surface area contributed by atoms with Crippen LogP contribution in [-0.4, -0.2) is 6.54 Å². The van der Waals surface area contributed by atoms with Crippen molar-refractivity contribution < 1.29 is 0 Å². The predicted molar refractivity (Wildman–Crippen MR) is 55.4 cm³/mol. The van der Waals surface area contributed by atoms with E-state index in [2.05, 4.69) is 43.7 Å². The first-order chi connectivity index (χ1) is 5.74. The molecule has 2 heteroatoms. The topological polar surface area (TPSA) is 12.0 Å². The van der Waals surface area contributed by atoms with Crippen molar-refractivity contribution in [3.8, 4) is 0 Å². The normalized spacial score (nSPS) is 10.2. The van der Waals surface area contributed by atoms with Gasteiger partial charge < -0.3 is 0 Å². The Balaban J connectivity index is 2.72. The first-order valence-corrected chi connectivity index (χ1v) is 5.02. The summed E-state index contributed by atoms with van der Waals surface area (Å²) in [5.41, 5.74) is 2.68. The van der Waals surface area contributed by atoms with Crippen LogP contribution >= 0.6 is 11.9 Å². The van der Waals surface area contributed by atoms with Gasteiger partial charge in [-0.3, -0.25) is 4.72 Å². The minimum Gasteiger partial charge on any atom is -0.260 e. The molecule has 0 bridgehead atoms. The molecule has 0 fully saturated rings. The minimum absolute atomic E-state index is 0.998. The van der Waals surface area contributed by atoms with E-state index in [0.29, 0.717) is 0 Å². The molecule has 1 aromatic carbocycles. The van der Waals surface area contributed by atoms with E-state index in [9.17, 15) is 0 Å². The van der Waals surface area contributed by atoms with Crippen LogP contribution in [0.1, 0.15) is 18.1 Å². The van der Waals surface area contributed by atoms with Crippen LogP contribution in [0.2, 0.25) is 0 Å². The van der Waals surface area contributed by atoms with Crippen molar-refractivity contribution in [3.63, 3.8) is 0 Å². The minimum atomic E-state index is 0.998. The smallest absolute Gasteiger partial charge is 0.0257 e. The molecule has 0 aliphatic heterocycles. The van der Waals surface area contributed by atoms with Gasteiger partial charge in [-0.05, 0) is 37.4 Å². The first-order valence-electron chi connectivity index (χ1n) is 4.21. The third-order valence-electron chi connectivity index (χ3n) is 1.66. The first kappa shape index (κ1) is 9.62. The number of aryl methyl sites for hydroxylation is 2. The molecule has 0 spiro atoms. The Morgan fingerprint density at radius 1 is 1.33 bits per heavy atom. The van der Waals surface area contributed by atoms with E-state index in [4.69, 9.17) is 0 Å². The van der Waals surface area contributed by atoms with Crippen molar-refractivity contribution >= 4 is 11.9 Å². The molecule has 66 valence electrons.